The fourth-order valence-electron chi connectivity index (χ4n) is 6.67. The lowest BCUT2D eigenvalue weighted by Crippen LogP contribution is -2.46. The number of hydrogen-bond acceptors (Lipinski definition) is 3. The molecule has 0 aliphatic carbocycles. The van der Waals surface area contributed by atoms with Gasteiger partial charge in [0.2, 0.25) is 11.4 Å². The second kappa shape index (κ2) is 11.0. The molecule has 4 nitrogen and oxygen atoms in total. The van der Waals surface area contributed by atoms with Crippen molar-refractivity contribution in [3.8, 4) is 11.3 Å². The van der Waals surface area contributed by atoms with E-state index in [4.69, 9.17) is 9.40 Å². The molecule has 6 rings (SSSR count). The number of benzene rings is 2. The van der Waals surface area contributed by atoms with E-state index in [1.165, 1.54) is 27.9 Å². The van der Waals surface area contributed by atoms with Gasteiger partial charge in [-0.25, -0.2) is 4.98 Å². The molecule has 208 valence electrons. The largest absolute Gasteiger partial charge is 0.437 e. The fraction of sp³-hybridized carbons (Fsp3) is 0.297. The highest BCUT2D eigenvalue weighted by Gasteiger charge is 2.38. The first kappa shape index (κ1) is 27.0. The molecule has 3 aromatic heterocycles. The van der Waals surface area contributed by atoms with E-state index in [0.29, 0.717) is 17.5 Å². The highest BCUT2D eigenvalue weighted by Crippen LogP contribution is 2.43. The van der Waals surface area contributed by atoms with E-state index in [1.54, 1.807) is 0 Å². The fourth-order valence-corrected chi connectivity index (χ4v) is 6.67. The number of hydrogen-bond donors (Lipinski definition) is 1. The van der Waals surface area contributed by atoms with Gasteiger partial charge in [0.25, 0.3) is 0 Å². The SMILES string of the molecule is C=CC1C(CCc2ccc3c(oc4nc(C)ccc43)c2/C(=C/C)NC)c2cc(C(C)CC)ccc2-c2cccc[n+]21. The van der Waals surface area contributed by atoms with Crippen LogP contribution in [0.4, 0.5) is 0 Å². The number of furan rings is 1. The van der Waals surface area contributed by atoms with Gasteiger partial charge >= 0.3 is 0 Å². The Balaban J connectivity index is 1.47. The van der Waals surface area contributed by atoms with Crippen LogP contribution in [-0.4, -0.2) is 12.0 Å². The number of fused-ring (bicyclic) bond motifs is 6. The van der Waals surface area contributed by atoms with E-state index in [0.717, 1.165) is 52.6 Å². The zero-order valence-corrected chi connectivity index (χ0v) is 24.9. The summed E-state index contributed by atoms with van der Waals surface area (Å²) in [5, 5.41) is 5.60. The molecule has 0 amide bonds. The second-order valence-corrected chi connectivity index (χ2v) is 11.4. The molecule has 4 heterocycles. The first-order valence-corrected chi connectivity index (χ1v) is 14.9. The Morgan fingerprint density at radius 3 is 2.71 bits per heavy atom. The first-order chi connectivity index (χ1) is 20.0. The minimum Gasteiger partial charge on any atom is -0.437 e. The molecule has 1 aliphatic heterocycles. The summed E-state index contributed by atoms with van der Waals surface area (Å²) < 4.78 is 8.88. The third-order valence-corrected chi connectivity index (χ3v) is 9.08. The van der Waals surface area contributed by atoms with Crippen molar-refractivity contribution >= 4 is 27.8 Å². The summed E-state index contributed by atoms with van der Waals surface area (Å²) in [7, 11) is 1.98. The molecule has 0 saturated heterocycles. The van der Waals surface area contributed by atoms with Crippen molar-refractivity contribution in [3.05, 3.63) is 114 Å². The summed E-state index contributed by atoms with van der Waals surface area (Å²) in [4.78, 5) is 4.69. The predicted octanol–water partition coefficient (Wildman–Crippen LogP) is 8.79. The Morgan fingerprint density at radius 2 is 1.95 bits per heavy atom. The van der Waals surface area contributed by atoms with Crippen molar-refractivity contribution in [2.45, 2.75) is 64.8 Å². The van der Waals surface area contributed by atoms with Gasteiger partial charge in [0, 0.05) is 52.5 Å². The zero-order chi connectivity index (χ0) is 28.7. The molecule has 5 aromatic rings. The Labute approximate surface area is 243 Å². The second-order valence-electron chi connectivity index (χ2n) is 11.4. The van der Waals surface area contributed by atoms with Gasteiger partial charge in [-0.3, -0.25) is 0 Å². The van der Waals surface area contributed by atoms with Crippen molar-refractivity contribution in [1.82, 2.24) is 10.3 Å². The van der Waals surface area contributed by atoms with E-state index >= 15 is 0 Å². The third-order valence-electron chi connectivity index (χ3n) is 9.08. The molecule has 0 spiro atoms. The van der Waals surface area contributed by atoms with Crippen molar-refractivity contribution < 1.29 is 8.98 Å². The molecular formula is C37H40N3O+. The average Bonchev–Trinajstić information content (AvgIpc) is 3.37. The quantitative estimate of drug-likeness (QED) is 0.157. The van der Waals surface area contributed by atoms with Crippen molar-refractivity contribution in [2.24, 2.45) is 0 Å². The maximum atomic E-state index is 6.47. The van der Waals surface area contributed by atoms with Gasteiger partial charge in [0.15, 0.2) is 12.2 Å². The van der Waals surface area contributed by atoms with Gasteiger partial charge in [0.05, 0.1) is 5.92 Å². The summed E-state index contributed by atoms with van der Waals surface area (Å²) in [5.74, 6) is 0.832. The van der Waals surface area contributed by atoms with Crippen molar-refractivity contribution in [2.75, 3.05) is 7.05 Å². The van der Waals surface area contributed by atoms with Crippen molar-refractivity contribution in [1.29, 1.82) is 0 Å². The standard InChI is InChI=1S/C37H40N3O/c1-7-23(4)26-16-19-28-31(22-26)27(33(9-3)40-21-11-10-12-34(28)40)18-14-25-15-20-29-30-17-13-24(5)39-37(30)41-36(29)35(25)32(8-2)38-6/h8-13,15-17,19-23,27,33,38H,3,7,14,18H2,1-2,4-6H3/q+1/b32-8-. The summed E-state index contributed by atoms with van der Waals surface area (Å²) in [6.45, 7) is 13.0. The number of allylic oxidation sites excluding steroid dienone is 2. The summed E-state index contributed by atoms with van der Waals surface area (Å²) in [6.07, 6.45) is 9.52. The van der Waals surface area contributed by atoms with Crippen LogP contribution in [0.2, 0.25) is 0 Å². The van der Waals surface area contributed by atoms with Crippen LogP contribution in [0.25, 0.3) is 39.0 Å². The molecule has 1 aliphatic rings. The Bertz CT molecular complexity index is 1790. The summed E-state index contributed by atoms with van der Waals surface area (Å²) in [5.41, 5.74) is 11.5. The highest BCUT2D eigenvalue weighted by molar-refractivity contribution is 6.07. The maximum Gasteiger partial charge on any atom is 0.227 e. The van der Waals surface area contributed by atoms with Gasteiger partial charge in [-0.05, 0) is 86.1 Å². The lowest BCUT2D eigenvalue weighted by Gasteiger charge is -2.30. The van der Waals surface area contributed by atoms with E-state index in [1.807, 2.05) is 14.0 Å². The molecule has 0 radical (unpaired) electrons. The molecule has 4 heteroatoms. The van der Waals surface area contributed by atoms with E-state index in [9.17, 15) is 0 Å². The molecule has 2 aromatic carbocycles. The summed E-state index contributed by atoms with van der Waals surface area (Å²) in [6, 6.07) is 22.5. The smallest absolute Gasteiger partial charge is 0.227 e. The molecular weight excluding hydrogens is 502 g/mol. The maximum absolute atomic E-state index is 6.47. The highest BCUT2D eigenvalue weighted by atomic mass is 16.3. The van der Waals surface area contributed by atoms with Gasteiger partial charge in [-0.15, -0.1) is 0 Å². The van der Waals surface area contributed by atoms with Gasteiger partial charge in [-0.1, -0.05) is 50.8 Å². The minimum atomic E-state index is 0.182. The summed E-state index contributed by atoms with van der Waals surface area (Å²) >= 11 is 0. The van der Waals surface area contributed by atoms with Crippen LogP contribution >= 0.6 is 0 Å². The van der Waals surface area contributed by atoms with Crippen LogP contribution in [0.3, 0.4) is 0 Å². The van der Waals surface area contributed by atoms with Gasteiger partial charge < -0.3 is 9.73 Å². The number of nitrogens with one attached hydrogen (secondary N) is 1. The first-order valence-electron chi connectivity index (χ1n) is 14.9. The number of rotatable bonds is 8. The lowest BCUT2D eigenvalue weighted by molar-refractivity contribution is -0.707. The Hall–Kier alpha value is -4.18. The van der Waals surface area contributed by atoms with Crippen LogP contribution in [0.15, 0.2) is 90.0 Å². The Kier molecular flexibility index (Phi) is 7.25. The van der Waals surface area contributed by atoms with E-state index in [-0.39, 0.29) is 6.04 Å². The minimum absolute atomic E-state index is 0.182. The predicted molar refractivity (Wildman–Crippen MR) is 170 cm³/mol. The number of pyridine rings is 2. The van der Waals surface area contributed by atoms with Gasteiger partial charge in [0.1, 0.15) is 5.58 Å². The topological polar surface area (TPSA) is 41.9 Å². The molecule has 0 bridgehead atoms. The monoisotopic (exact) mass is 542 g/mol. The Morgan fingerprint density at radius 1 is 1.12 bits per heavy atom. The van der Waals surface area contributed by atoms with Crippen molar-refractivity contribution in [3.63, 3.8) is 0 Å². The van der Waals surface area contributed by atoms with E-state index < -0.39 is 0 Å². The molecule has 3 unspecified atom stereocenters. The van der Waals surface area contributed by atoms with Crippen LogP contribution in [0.1, 0.15) is 79.4 Å². The number of aromatic nitrogens is 2. The molecule has 3 atom stereocenters. The average molecular weight is 543 g/mol. The van der Waals surface area contributed by atoms with Crippen LogP contribution < -0.4 is 9.88 Å². The lowest BCUT2D eigenvalue weighted by atomic mass is 9.77. The van der Waals surface area contributed by atoms with E-state index in [2.05, 4.69) is 116 Å². The van der Waals surface area contributed by atoms with Crippen LogP contribution in [0, 0.1) is 6.92 Å². The molecule has 0 fully saturated rings. The molecule has 41 heavy (non-hydrogen) atoms. The normalized spacial score (nSPS) is 17.3. The zero-order valence-electron chi connectivity index (χ0n) is 24.9. The van der Waals surface area contributed by atoms with Crippen LogP contribution in [0.5, 0.6) is 0 Å². The number of aryl methyl sites for hydroxylation is 2. The molecule has 1 N–H and O–H groups in total. The van der Waals surface area contributed by atoms with Gasteiger partial charge in [-0.2, -0.15) is 4.57 Å². The van der Waals surface area contributed by atoms with Crippen LogP contribution in [-0.2, 0) is 6.42 Å². The number of nitrogens with zero attached hydrogens (tertiary/aromatic N) is 2. The third kappa shape index (κ3) is 4.56. The molecule has 0 saturated carbocycles.